The second kappa shape index (κ2) is 4.53. The van der Waals surface area contributed by atoms with Crippen LogP contribution in [0.25, 0.3) is 0 Å². The quantitative estimate of drug-likeness (QED) is 0.848. The summed E-state index contributed by atoms with van der Waals surface area (Å²) in [7, 11) is 0. The van der Waals surface area contributed by atoms with Gasteiger partial charge in [-0.05, 0) is 37.1 Å². The van der Waals surface area contributed by atoms with Crippen LogP contribution in [0.2, 0.25) is 0 Å². The molecule has 3 heterocycles. The molecule has 4 heteroatoms. The Kier molecular flexibility index (Phi) is 2.85. The average molecular weight is 254 g/mol. The summed E-state index contributed by atoms with van der Waals surface area (Å²) in [5, 5.41) is 0. The predicted molar refractivity (Wildman–Crippen MR) is 77.1 cm³/mol. The molecule has 2 aromatic rings. The first-order valence-electron chi connectivity index (χ1n) is 6.56. The lowest BCUT2D eigenvalue weighted by atomic mass is 10.1. The van der Waals surface area contributed by atoms with Crippen molar-refractivity contribution in [1.29, 1.82) is 0 Å². The van der Waals surface area contributed by atoms with Gasteiger partial charge in [0.1, 0.15) is 5.82 Å². The van der Waals surface area contributed by atoms with Crippen molar-refractivity contribution in [3.05, 3.63) is 46.9 Å². The van der Waals surface area contributed by atoms with E-state index in [1.54, 1.807) is 0 Å². The highest BCUT2D eigenvalue weighted by molar-refractivity contribution is 5.57. The summed E-state index contributed by atoms with van der Waals surface area (Å²) in [5.41, 5.74) is 11.3. The van der Waals surface area contributed by atoms with E-state index in [9.17, 15) is 0 Å². The van der Waals surface area contributed by atoms with Crippen LogP contribution in [-0.4, -0.2) is 16.5 Å². The lowest BCUT2D eigenvalue weighted by Crippen LogP contribution is -2.31. The number of hydrogen-bond donors (Lipinski definition) is 1. The third-order valence-electron chi connectivity index (χ3n) is 3.73. The molecule has 0 aromatic carbocycles. The van der Waals surface area contributed by atoms with E-state index in [4.69, 9.17) is 5.73 Å². The molecule has 0 saturated carbocycles. The molecule has 2 aromatic heterocycles. The molecule has 98 valence electrons. The number of nitrogens with zero attached hydrogens (tertiary/aromatic N) is 3. The van der Waals surface area contributed by atoms with E-state index in [-0.39, 0.29) is 0 Å². The Hall–Kier alpha value is -2.10. The molecule has 1 aliphatic heterocycles. The van der Waals surface area contributed by atoms with Crippen LogP contribution in [0.3, 0.4) is 0 Å². The molecule has 3 rings (SSSR count). The standard InChI is InChI=1S/C15H18N4/c1-10-8-14(18-11(2)15(10)16)19-7-5-13-12(9-19)4-3-6-17-13/h3-4,6,8H,5,7,9,16H2,1-2H3. The van der Waals surface area contributed by atoms with E-state index in [1.165, 1.54) is 11.3 Å². The van der Waals surface area contributed by atoms with Gasteiger partial charge in [0, 0.05) is 31.4 Å². The Morgan fingerprint density at radius 2 is 2.16 bits per heavy atom. The van der Waals surface area contributed by atoms with Crippen molar-refractivity contribution in [2.45, 2.75) is 26.8 Å². The van der Waals surface area contributed by atoms with Gasteiger partial charge in [-0.2, -0.15) is 0 Å². The highest BCUT2D eigenvalue weighted by Gasteiger charge is 2.18. The third kappa shape index (κ3) is 2.14. The minimum atomic E-state index is 0.794. The molecule has 19 heavy (non-hydrogen) atoms. The largest absolute Gasteiger partial charge is 0.397 e. The molecule has 0 amide bonds. The lowest BCUT2D eigenvalue weighted by molar-refractivity contribution is 0.701. The molecule has 0 saturated heterocycles. The fourth-order valence-corrected chi connectivity index (χ4v) is 2.54. The van der Waals surface area contributed by atoms with Crippen LogP contribution >= 0.6 is 0 Å². The van der Waals surface area contributed by atoms with E-state index >= 15 is 0 Å². The maximum atomic E-state index is 5.97. The second-order valence-electron chi connectivity index (χ2n) is 5.08. The number of fused-ring (bicyclic) bond motifs is 1. The summed E-state index contributed by atoms with van der Waals surface area (Å²) >= 11 is 0. The molecule has 0 bridgehead atoms. The zero-order valence-electron chi connectivity index (χ0n) is 11.3. The fourth-order valence-electron chi connectivity index (χ4n) is 2.54. The van der Waals surface area contributed by atoms with Gasteiger partial charge in [-0.3, -0.25) is 4.98 Å². The van der Waals surface area contributed by atoms with Crippen LogP contribution in [0, 0.1) is 13.8 Å². The summed E-state index contributed by atoms with van der Waals surface area (Å²) in [4.78, 5) is 11.3. The van der Waals surface area contributed by atoms with Gasteiger partial charge in [-0.1, -0.05) is 6.07 Å². The van der Waals surface area contributed by atoms with Gasteiger partial charge < -0.3 is 10.6 Å². The number of aryl methyl sites for hydroxylation is 2. The Morgan fingerprint density at radius 3 is 2.95 bits per heavy atom. The van der Waals surface area contributed by atoms with Crippen LogP contribution in [0.15, 0.2) is 24.4 Å². The number of nitrogens with two attached hydrogens (primary N) is 1. The Morgan fingerprint density at radius 1 is 1.32 bits per heavy atom. The van der Waals surface area contributed by atoms with E-state index in [1.807, 2.05) is 26.1 Å². The summed E-state index contributed by atoms with van der Waals surface area (Å²) in [6.07, 6.45) is 2.84. The Bertz CT molecular complexity index is 598. The van der Waals surface area contributed by atoms with Gasteiger partial charge in [0.25, 0.3) is 0 Å². The number of aromatic nitrogens is 2. The Labute approximate surface area is 113 Å². The molecule has 0 atom stereocenters. The van der Waals surface area contributed by atoms with Crippen molar-refractivity contribution in [2.24, 2.45) is 0 Å². The van der Waals surface area contributed by atoms with Crippen LogP contribution in [0.4, 0.5) is 11.5 Å². The van der Waals surface area contributed by atoms with Crippen LogP contribution in [0.5, 0.6) is 0 Å². The van der Waals surface area contributed by atoms with Gasteiger partial charge in [0.05, 0.1) is 11.4 Å². The van der Waals surface area contributed by atoms with Gasteiger partial charge >= 0.3 is 0 Å². The van der Waals surface area contributed by atoms with Crippen molar-refractivity contribution in [3.63, 3.8) is 0 Å². The minimum Gasteiger partial charge on any atom is -0.397 e. The zero-order valence-corrected chi connectivity index (χ0v) is 11.3. The smallest absolute Gasteiger partial charge is 0.129 e. The molecule has 0 spiro atoms. The first-order valence-corrected chi connectivity index (χ1v) is 6.56. The number of nitrogen functional groups attached to an aromatic ring is 1. The fraction of sp³-hybridized carbons (Fsp3) is 0.333. The van der Waals surface area contributed by atoms with Crippen molar-refractivity contribution >= 4 is 11.5 Å². The van der Waals surface area contributed by atoms with E-state index in [0.29, 0.717) is 0 Å². The van der Waals surface area contributed by atoms with Crippen LogP contribution in [-0.2, 0) is 13.0 Å². The van der Waals surface area contributed by atoms with Gasteiger partial charge in [0.2, 0.25) is 0 Å². The van der Waals surface area contributed by atoms with Crippen LogP contribution < -0.4 is 10.6 Å². The molecule has 4 nitrogen and oxygen atoms in total. The summed E-state index contributed by atoms with van der Waals surface area (Å²) < 4.78 is 0. The van der Waals surface area contributed by atoms with E-state index in [2.05, 4.69) is 27.0 Å². The molecule has 0 aliphatic carbocycles. The number of pyridine rings is 2. The molecule has 0 unspecified atom stereocenters. The lowest BCUT2D eigenvalue weighted by Gasteiger charge is -2.29. The summed E-state index contributed by atoms with van der Waals surface area (Å²) in [6.45, 7) is 5.83. The first-order chi connectivity index (χ1) is 9.15. The maximum absolute atomic E-state index is 5.97. The van der Waals surface area contributed by atoms with Crippen LogP contribution in [0.1, 0.15) is 22.5 Å². The number of rotatable bonds is 1. The predicted octanol–water partition coefficient (Wildman–Crippen LogP) is 2.24. The van der Waals surface area contributed by atoms with Crippen molar-refractivity contribution in [1.82, 2.24) is 9.97 Å². The van der Waals surface area contributed by atoms with Gasteiger partial charge in [-0.15, -0.1) is 0 Å². The number of hydrogen-bond acceptors (Lipinski definition) is 4. The third-order valence-corrected chi connectivity index (χ3v) is 3.73. The molecular weight excluding hydrogens is 236 g/mol. The monoisotopic (exact) mass is 254 g/mol. The molecular formula is C15H18N4. The zero-order chi connectivity index (χ0) is 13.4. The molecule has 2 N–H and O–H groups in total. The van der Waals surface area contributed by atoms with E-state index < -0.39 is 0 Å². The highest BCUT2D eigenvalue weighted by Crippen LogP contribution is 2.25. The highest BCUT2D eigenvalue weighted by atomic mass is 15.2. The SMILES string of the molecule is Cc1cc(N2CCc3ncccc3C2)nc(C)c1N. The maximum Gasteiger partial charge on any atom is 0.129 e. The molecule has 1 aliphatic rings. The summed E-state index contributed by atoms with van der Waals surface area (Å²) in [6, 6.07) is 6.21. The second-order valence-corrected chi connectivity index (χ2v) is 5.08. The number of anilines is 2. The summed E-state index contributed by atoms with van der Waals surface area (Å²) in [5.74, 6) is 1.01. The van der Waals surface area contributed by atoms with Crippen molar-refractivity contribution in [2.75, 3.05) is 17.2 Å². The minimum absolute atomic E-state index is 0.794. The Balaban J connectivity index is 1.93. The van der Waals surface area contributed by atoms with Gasteiger partial charge in [-0.25, -0.2) is 4.98 Å². The van der Waals surface area contributed by atoms with Crippen molar-refractivity contribution < 1.29 is 0 Å². The first kappa shape index (κ1) is 12.0. The topological polar surface area (TPSA) is 55.0 Å². The van der Waals surface area contributed by atoms with Gasteiger partial charge in [0.15, 0.2) is 0 Å². The normalized spacial score (nSPS) is 14.3. The molecule has 0 radical (unpaired) electrons. The average Bonchev–Trinajstić information content (AvgIpc) is 2.43. The van der Waals surface area contributed by atoms with Crippen molar-refractivity contribution in [3.8, 4) is 0 Å². The van der Waals surface area contributed by atoms with E-state index in [0.717, 1.165) is 42.3 Å². The molecule has 0 fully saturated rings.